The summed E-state index contributed by atoms with van der Waals surface area (Å²) in [4.78, 5) is 0. The van der Waals surface area contributed by atoms with E-state index < -0.39 is 0 Å². The Morgan fingerprint density at radius 1 is 0.950 bits per heavy atom. The molecule has 0 radical (unpaired) electrons. The first kappa shape index (κ1) is 16.1. The molecule has 0 nitrogen and oxygen atoms in total. The van der Waals surface area contributed by atoms with Gasteiger partial charge in [0.25, 0.3) is 0 Å². The maximum atomic E-state index is 4.36. The summed E-state index contributed by atoms with van der Waals surface area (Å²) in [5.41, 5.74) is 1.47. The summed E-state index contributed by atoms with van der Waals surface area (Å²) < 4.78 is 0. The van der Waals surface area contributed by atoms with Gasteiger partial charge in [0.05, 0.1) is 0 Å². The predicted molar refractivity (Wildman–Crippen MR) is 89.7 cm³/mol. The van der Waals surface area contributed by atoms with Crippen LogP contribution in [0, 0.1) is 35.5 Å². The van der Waals surface area contributed by atoms with Gasteiger partial charge in [-0.2, -0.15) is 0 Å². The van der Waals surface area contributed by atoms with Crippen molar-refractivity contribution >= 4 is 0 Å². The van der Waals surface area contributed by atoms with Gasteiger partial charge in [0, 0.05) is 0 Å². The van der Waals surface area contributed by atoms with E-state index in [1.165, 1.54) is 56.9 Å². The van der Waals surface area contributed by atoms with Crippen LogP contribution in [0.4, 0.5) is 0 Å². The minimum Gasteiger partial charge on any atom is -0.0999 e. The van der Waals surface area contributed by atoms with Crippen molar-refractivity contribution in [3.05, 3.63) is 12.2 Å². The highest BCUT2D eigenvalue weighted by Crippen LogP contribution is 2.43. The van der Waals surface area contributed by atoms with Crippen molar-refractivity contribution < 1.29 is 0 Å². The third-order valence-corrected chi connectivity index (χ3v) is 6.43. The fourth-order valence-corrected chi connectivity index (χ4v) is 4.89. The molecule has 0 saturated heterocycles. The van der Waals surface area contributed by atoms with E-state index in [9.17, 15) is 0 Å². The second-order valence-electron chi connectivity index (χ2n) is 8.36. The smallest absolute Gasteiger partial charge is 0.0178 e. The maximum absolute atomic E-state index is 4.36. The Hall–Kier alpha value is -0.260. The summed E-state index contributed by atoms with van der Waals surface area (Å²) in [7, 11) is 0. The lowest BCUT2D eigenvalue weighted by Crippen LogP contribution is -2.28. The van der Waals surface area contributed by atoms with Gasteiger partial charge in [0.2, 0.25) is 0 Å². The van der Waals surface area contributed by atoms with E-state index in [4.69, 9.17) is 0 Å². The molecule has 2 aliphatic carbocycles. The normalized spacial score (nSPS) is 40.3. The minimum atomic E-state index is 0.809. The van der Waals surface area contributed by atoms with Crippen molar-refractivity contribution in [3.63, 3.8) is 0 Å². The van der Waals surface area contributed by atoms with E-state index >= 15 is 0 Å². The van der Waals surface area contributed by atoms with Crippen molar-refractivity contribution in [1.82, 2.24) is 0 Å². The van der Waals surface area contributed by atoms with Gasteiger partial charge in [0.1, 0.15) is 0 Å². The van der Waals surface area contributed by atoms with E-state index in [0.29, 0.717) is 0 Å². The molecule has 0 aromatic rings. The van der Waals surface area contributed by atoms with Gasteiger partial charge in [-0.1, -0.05) is 52.2 Å². The zero-order valence-electron chi connectivity index (χ0n) is 14.3. The molecule has 0 aliphatic heterocycles. The molecule has 2 fully saturated rings. The molecule has 2 aliphatic rings. The van der Waals surface area contributed by atoms with E-state index in [2.05, 4.69) is 34.3 Å². The van der Waals surface area contributed by atoms with Crippen LogP contribution < -0.4 is 0 Å². The second-order valence-corrected chi connectivity index (χ2v) is 8.36. The Bertz CT molecular complexity index is 308. The lowest BCUT2D eigenvalue weighted by molar-refractivity contribution is 0.143. The van der Waals surface area contributed by atoms with Gasteiger partial charge in [-0.25, -0.2) is 0 Å². The lowest BCUT2D eigenvalue weighted by atomic mass is 9.66. The summed E-state index contributed by atoms with van der Waals surface area (Å²) in [6.45, 7) is 14.0. The molecule has 2 rings (SSSR count). The highest BCUT2D eigenvalue weighted by Gasteiger charge is 2.32. The highest BCUT2D eigenvalue weighted by atomic mass is 14.4. The number of hydrogen-bond acceptors (Lipinski definition) is 0. The molecule has 116 valence electrons. The average molecular weight is 277 g/mol. The second kappa shape index (κ2) is 7.14. The summed E-state index contributed by atoms with van der Waals surface area (Å²) >= 11 is 0. The van der Waals surface area contributed by atoms with Crippen LogP contribution in [0.15, 0.2) is 12.2 Å². The van der Waals surface area contributed by atoms with Gasteiger partial charge >= 0.3 is 0 Å². The Morgan fingerprint density at radius 2 is 1.55 bits per heavy atom. The topological polar surface area (TPSA) is 0 Å². The van der Waals surface area contributed by atoms with Crippen molar-refractivity contribution in [3.8, 4) is 0 Å². The van der Waals surface area contributed by atoms with E-state index in [-0.39, 0.29) is 0 Å². The molecule has 20 heavy (non-hydrogen) atoms. The van der Waals surface area contributed by atoms with Crippen molar-refractivity contribution in [2.24, 2.45) is 35.5 Å². The molecule has 0 bridgehead atoms. The van der Waals surface area contributed by atoms with Crippen LogP contribution in [0.25, 0.3) is 0 Å². The molecule has 2 saturated carbocycles. The van der Waals surface area contributed by atoms with Crippen LogP contribution in [0.1, 0.15) is 79.1 Å². The summed E-state index contributed by atoms with van der Waals surface area (Å²) in [6, 6.07) is 0. The third kappa shape index (κ3) is 4.12. The van der Waals surface area contributed by atoms with Gasteiger partial charge in [0.15, 0.2) is 0 Å². The van der Waals surface area contributed by atoms with Gasteiger partial charge in [-0.15, -0.1) is 0 Å². The number of allylic oxidation sites excluding steroid dienone is 1. The van der Waals surface area contributed by atoms with E-state index in [1.807, 2.05) is 0 Å². The number of hydrogen-bond donors (Lipinski definition) is 0. The van der Waals surface area contributed by atoms with Crippen LogP contribution in [0.2, 0.25) is 0 Å². The molecule has 4 atom stereocenters. The maximum Gasteiger partial charge on any atom is -0.0178 e. The molecule has 0 amide bonds. The SMILES string of the molecule is C=C(C)C(CC1CCC(C)CC1C)C1CCC(C)CC1. The average Bonchev–Trinajstić information content (AvgIpc) is 2.39. The number of rotatable bonds is 4. The fourth-order valence-electron chi connectivity index (χ4n) is 4.89. The molecule has 0 aromatic heterocycles. The van der Waals surface area contributed by atoms with Crippen molar-refractivity contribution in [2.75, 3.05) is 0 Å². The molecular formula is C20H36. The van der Waals surface area contributed by atoms with Gasteiger partial charge in [-0.3, -0.25) is 0 Å². The van der Waals surface area contributed by atoms with Gasteiger partial charge < -0.3 is 0 Å². The molecule has 0 N–H and O–H groups in total. The Morgan fingerprint density at radius 3 is 2.10 bits per heavy atom. The van der Waals surface area contributed by atoms with Crippen LogP contribution in [-0.4, -0.2) is 0 Å². The lowest BCUT2D eigenvalue weighted by Gasteiger charge is -2.39. The molecular weight excluding hydrogens is 240 g/mol. The molecule has 0 aromatic carbocycles. The zero-order valence-corrected chi connectivity index (χ0v) is 14.3. The zero-order chi connectivity index (χ0) is 14.7. The Kier molecular flexibility index (Phi) is 5.75. The molecule has 0 heterocycles. The van der Waals surface area contributed by atoms with Crippen LogP contribution >= 0.6 is 0 Å². The van der Waals surface area contributed by atoms with Crippen molar-refractivity contribution in [2.45, 2.75) is 79.1 Å². The summed E-state index contributed by atoms with van der Waals surface area (Å²) in [5.74, 6) is 5.57. The summed E-state index contributed by atoms with van der Waals surface area (Å²) in [5, 5.41) is 0. The molecule has 0 spiro atoms. The third-order valence-electron chi connectivity index (χ3n) is 6.43. The molecule has 4 unspecified atom stereocenters. The first-order chi connectivity index (χ1) is 9.47. The van der Waals surface area contributed by atoms with Crippen LogP contribution in [0.5, 0.6) is 0 Å². The van der Waals surface area contributed by atoms with Crippen molar-refractivity contribution in [1.29, 1.82) is 0 Å². The first-order valence-electron chi connectivity index (χ1n) is 9.12. The van der Waals surface area contributed by atoms with E-state index in [1.54, 1.807) is 0 Å². The first-order valence-corrected chi connectivity index (χ1v) is 9.12. The standard InChI is InChI=1S/C20H36/c1-14(2)20(18-9-6-15(3)7-10-18)13-19-11-8-16(4)12-17(19)5/h15-20H,1,6-13H2,2-5H3. The quantitative estimate of drug-likeness (QED) is 0.516. The van der Waals surface area contributed by atoms with Gasteiger partial charge in [-0.05, 0) is 74.5 Å². The van der Waals surface area contributed by atoms with E-state index in [0.717, 1.165) is 35.5 Å². The fraction of sp³-hybridized carbons (Fsp3) is 0.900. The molecule has 0 heteroatoms. The monoisotopic (exact) mass is 276 g/mol. The Labute approximate surface area is 127 Å². The minimum absolute atomic E-state index is 0.809. The van der Waals surface area contributed by atoms with Crippen LogP contribution in [-0.2, 0) is 0 Å². The highest BCUT2D eigenvalue weighted by molar-refractivity contribution is 5.01. The Balaban J connectivity index is 1.94. The summed E-state index contributed by atoms with van der Waals surface area (Å²) in [6.07, 6.45) is 11.6. The largest absolute Gasteiger partial charge is 0.0999 e. The predicted octanol–water partition coefficient (Wildman–Crippen LogP) is 6.47. The van der Waals surface area contributed by atoms with Crippen LogP contribution in [0.3, 0.4) is 0 Å².